The average Bonchev–Trinajstić information content (AvgIpc) is 2.63. The lowest BCUT2D eigenvalue weighted by Crippen LogP contribution is -2.53. The van der Waals surface area contributed by atoms with Crippen molar-refractivity contribution in [3.05, 3.63) is 29.8 Å². The molecule has 0 N–H and O–H groups in total. The molecule has 0 aliphatic carbocycles. The van der Waals surface area contributed by atoms with Crippen LogP contribution in [0.4, 0.5) is 0 Å². The molecule has 0 spiro atoms. The number of likely N-dealkylation sites (tertiary alicyclic amines) is 1. The predicted octanol–water partition coefficient (Wildman–Crippen LogP) is 2.97. The second-order valence-corrected chi connectivity index (χ2v) is 8.84. The van der Waals surface area contributed by atoms with Crippen molar-refractivity contribution in [3.8, 4) is 0 Å². The molecule has 25 heavy (non-hydrogen) atoms. The Morgan fingerprint density at radius 1 is 1.12 bits per heavy atom. The van der Waals surface area contributed by atoms with Gasteiger partial charge in [-0.3, -0.25) is 4.90 Å². The first-order chi connectivity index (χ1) is 11.9. The Bertz CT molecular complexity index is 648. The van der Waals surface area contributed by atoms with Crippen LogP contribution in [0.3, 0.4) is 0 Å². The van der Waals surface area contributed by atoms with Gasteiger partial charge in [-0.1, -0.05) is 45.9 Å². The van der Waals surface area contributed by atoms with E-state index in [1.807, 2.05) is 32.0 Å². The number of morpholine rings is 1. The molecule has 2 aliphatic heterocycles. The van der Waals surface area contributed by atoms with Crippen molar-refractivity contribution in [3.63, 3.8) is 0 Å². The fourth-order valence-corrected chi connectivity index (χ4v) is 5.04. The van der Waals surface area contributed by atoms with Gasteiger partial charge in [-0.15, -0.1) is 0 Å². The number of hydrogen-bond acceptors (Lipinski definition) is 4. The summed E-state index contributed by atoms with van der Waals surface area (Å²) in [5.41, 5.74) is 1.29. The summed E-state index contributed by atoms with van der Waals surface area (Å²) in [6, 6.07) is 7.41. The smallest absolute Gasteiger partial charge is 0.243 e. The van der Waals surface area contributed by atoms with E-state index in [1.54, 1.807) is 10.4 Å². The molecule has 142 valence electrons. The minimum absolute atomic E-state index is 0.387. The third-order valence-corrected chi connectivity index (χ3v) is 7.02. The summed E-state index contributed by atoms with van der Waals surface area (Å²) in [4.78, 5) is 2.78. The standard InChI is InChI=1S/C17H26N2O3S.C2H6/c1-3-17(2)13-18(14-17)12-15-6-4-5-7-16(15)23(20,21)19-8-10-22-11-9-19;1-2/h4-7H,3,8-14H2,1-2H3;1-2H3. The Balaban J connectivity index is 0.00000109. The Morgan fingerprint density at radius 2 is 1.72 bits per heavy atom. The normalized spacial score (nSPS) is 21.1. The number of sulfonamides is 1. The Morgan fingerprint density at radius 3 is 2.32 bits per heavy atom. The summed E-state index contributed by atoms with van der Waals surface area (Å²) in [6.07, 6.45) is 1.16. The van der Waals surface area contributed by atoms with E-state index in [4.69, 9.17) is 4.74 Å². The Hall–Kier alpha value is -0.950. The molecule has 0 atom stereocenters. The third kappa shape index (κ3) is 4.61. The van der Waals surface area contributed by atoms with Gasteiger partial charge >= 0.3 is 0 Å². The molecular formula is C19H32N2O3S. The van der Waals surface area contributed by atoms with Crippen LogP contribution in [-0.4, -0.2) is 57.0 Å². The molecule has 0 radical (unpaired) electrons. The van der Waals surface area contributed by atoms with E-state index in [9.17, 15) is 8.42 Å². The van der Waals surface area contributed by atoms with Gasteiger partial charge in [0.1, 0.15) is 0 Å². The van der Waals surface area contributed by atoms with Gasteiger partial charge < -0.3 is 4.74 Å². The van der Waals surface area contributed by atoms with E-state index in [1.165, 1.54) is 0 Å². The Labute approximate surface area is 153 Å². The van der Waals surface area contributed by atoms with Gasteiger partial charge in [-0.05, 0) is 23.5 Å². The van der Waals surface area contributed by atoms with Gasteiger partial charge in [0.15, 0.2) is 0 Å². The molecule has 2 fully saturated rings. The number of nitrogens with zero attached hydrogens (tertiary/aromatic N) is 2. The minimum Gasteiger partial charge on any atom is -0.379 e. The molecule has 2 heterocycles. The summed E-state index contributed by atoms with van der Waals surface area (Å²) in [5, 5.41) is 0. The highest BCUT2D eigenvalue weighted by Crippen LogP contribution is 2.35. The van der Waals surface area contributed by atoms with Crippen LogP contribution in [0.5, 0.6) is 0 Å². The summed E-state index contributed by atoms with van der Waals surface area (Å²) in [7, 11) is -3.43. The highest BCUT2D eigenvalue weighted by Gasteiger charge is 2.37. The lowest BCUT2D eigenvalue weighted by Gasteiger charge is -2.48. The van der Waals surface area contributed by atoms with Crippen molar-refractivity contribution in [2.75, 3.05) is 39.4 Å². The number of hydrogen-bond donors (Lipinski definition) is 0. The minimum atomic E-state index is -3.43. The van der Waals surface area contributed by atoms with E-state index in [2.05, 4.69) is 18.7 Å². The number of benzene rings is 1. The molecule has 2 aliphatic rings. The van der Waals surface area contributed by atoms with Crippen molar-refractivity contribution in [1.29, 1.82) is 0 Å². The fourth-order valence-electron chi connectivity index (χ4n) is 3.42. The second-order valence-electron chi connectivity index (χ2n) is 6.93. The zero-order valence-corrected chi connectivity index (χ0v) is 16.8. The molecule has 5 nitrogen and oxygen atoms in total. The summed E-state index contributed by atoms with van der Waals surface area (Å²) < 4.78 is 32.7. The largest absolute Gasteiger partial charge is 0.379 e. The lowest BCUT2D eigenvalue weighted by atomic mass is 9.79. The highest BCUT2D eigenvalue weighted by atomic mass is 32.2. The van der Waals surface area contributed by atoms with Gasteiger partial charge in [0.25, 0.3) is 0 Å². The molecule has 1 aromatic rings. The van der Waals surface area contributed by atoms with E-state index in [0.717, 1.165) is 25.1 Å². The number of rotatable bonds is 5. The van der Waals surface area contributed by atoms with Crippen LogP contribution in [0.2, 0.25) is 0 Å². The van der Waals surface area contributed by atoms with Crippen molar-refractivity contribution in [1.82, 2.24) is 9.21 Å². The summed E-state index contributed by atoms with van der Waals surface area (Å²) in [5.74, 6) is 0. The van der Waals surface area contributed by atoms with Crippen molar-refractivity contribution < 1.29 is 13.2 Å². The van der Waals surface area contributed by atoms with Crippen molar-refractivity contribution in [2.24, 2.45) is 5.41 Å². The average molecular weight is 369 g/mol. The molecule has 6 heteroatoms. The van der Waals surface area contributed by atoms with E-state index in [0.29, 0.717) is 43.2 Å². The molecule has 0 unspecified atom stereocenters. The lowest BCUT2D eigenvalue weighted by molar-refractivity contribution is 0.00560. The van der Waals surface area contributed by atoms with Crippen LogP contribution in [0.25, 0.3) is 0 Å². The molecule has 0 amide bonds. The fraction of sp³-hybridized carbons (Fsp3) is 0.684. The topological polar surface area (TPSA) is 49.9 Å². The molecule has 0 bridgehead atoms. The van der Waals surface area contributed by atoms with Gasteiger partial charge in [0.2, 0.25) is 10.0 Å². The first-order valence-corrected chi connectivity index (χ1v) is 10.8. The van der Waals surface area contributed by atoms with E-state index < -0.39 is 10.0 Å². The highest BCUT2D eigenvalue weighted by molar-refractivity contribution is 7.89. The first kappa shape index (κ1) is 20.4. The zero-order valence-electron chi connectivity index (χ0n) is 16.0. The molecule has 0 aromatic heterocycles. The van der Waals surface area contributed by atoms with Crippen LogP contribution >= 0.6 is 0 Å². The van der Waals surface area contributed by atoms with Crippen LogP contribution in [0.1, 0.15) is 39.7 Å². The maximum atomic E-state index is 12.9. The number of ether oxygens (including phenoxy) is 1. The zero-order chi connectivity index (χ0) is 18.5. The van der Waals surface area contributed by atoms with Crippen LogP contribution in [0.15, 0.2) is 29.2 Å². The van der Waals surface area contributed by atoms with Crippen LogP contribution in [0, 0.1) is 5.41 Å². The molecule has 1 aromatic carbocycles. The van der Waals surface area contributed by atoms with Crippen molar-refractivity contribution >= 4 is 10.0 Å². The Kier molecular flexibility index (Phi) is 7.02. The molecular weight excluding hydrogens is 336 g/mol. The maximum absolute atomic E-state index is 12.9. The molecule has 3 rings (SSSR count). The van der Waals surface area contributed by atoms with Crippen molar-refractivity contribution in [2.45, 2.75) is 45.6 Å². The SMILES string of the molecule is CC.CCC1(C)CN(Cc2ccccc2S(=O)(=O)N2CCOCC2)C1. The third-order valence-electron chi connectivity index (χ3n) is 5.02. The van der Waals surface area contributed by atoms with Gasteiger partial charge in [0, 0.05) is 32.7 Å². The van der Waals surface area contributed by atoms with Gasteiger partial charge in [0.05, 0.1) is 18.1 Å². The van der Waals surface area contributed by atoms with Crippen LogP contribution < -0.4 is 0 Å². The van der Waals surface area contributed by atoms with E-state index >= 15 is 0 Å². The van der Waals surface area contributed by atoms with Crippen LogP contribution in [-0.2, 0) is 21.3 Å². The quantitative estimate of drug-likeness (QED) is 0.802. The molecule has 2 saturated heterocycles. The summed E-state index contributed by atoms with van der Waals surface area (Å²) >= 11 is 0. The second kappa shape index (κ2) is 8.62. The van der Waals surface area contributed by atoms with Gasteiger partial charge in [-0.25, -0.2) is 8.42 Å². The molecule has 0 saturated carbocycles. The van der Waals surface area contributed by atoms with E-state index in [-0.39, 0.29) is 0 Å². The maximum Gasteiger partial charge on any atom is 0.243 e. The monoisotopic (exact) mass is 368 g/mol. The van der Waals surface area contributed by atoms with Gasteiger partial charge in [-0.2, -0.15) is 4.31 Å². The first-order valence-electron chi connectivity index (χ1n) is 9.33. The summed E-state index contributed by atoms with van der Waals surface area (Å²) in [6.45, 7) is 13.1. The predicted molar refractivity (Wildman–Crippen MR) is 101 cm³/mol.